The third kappa shape index (κ3) is 3.47. The molecule has 4 N–H and O–H groups in total. The number of nitrogens with zero attached hydrogens (tertiary/aromatic N) is 1. The molecule has 2 unspecified atom stereocenters. The van der Waals surface area contributed by atoms with Crippen molar-refractivity contribution < 1.29 is 10.2 Å². The summed E-state index contributed by atoms with van der Waals surface area (Å²) in [5.74, 6) is 0. The molecule has 1 aromatic carbocycles. The molecule has 19 heavy (non-hydrogen) atoms. The summed E-state index contributed by atoms with van der Waals surface area (Å²) in [5.41, 5.74) is 7.89. The molecule has 4 nitrogen and oxygen atoms in total. The molecule has 0 aliphatic rings. The Balaban J connectivity index is 3.31. The minimum Gasteiger partial charge on any atom is -0.399 e. The number of aliphatic hydroxyl groups excluding tert-OH is 2. The number of rotatable bonds is 7. The molecule has 0 aliphatic carbocycles. The number of hydrogen-bond donors (Lipinski definition) is 3. The van der Waals surface area contributed by atoms with Crippen LogP contribution in [0.1, 0.15) is 5.56 Å². The normalized spacial score (nSPS) is 13.4. The Morgan fingerprint density at radius 3 is 2.21 bits per heavy atom. The van der Waals surface area contributed by atoms with Crippen molar-refractivity contribution in [2.24, 2.45) is 0 Å². The Morgan fingerprint density at radius 1 is 1.16 bits per heavy atom. The van der Waals surface area contributed by atoms with Gasteiger partial charge in [-0.1, -0.05) is 19.2 Å². The summed E-state index contributed by atoms with van der Waals surface area (Å²) in [6.07, 6.45) is 2.92. The monoisotopic (exact) mass is 260 g/mol. The maximum absolute atomic E-state index is 9.98. The van der Waals surface area contributed by atoms with Gasteiger partial charge < -0.3 is 20.8 Å². The number of anilines is 2. The Bertz CT molecular complexity index is 457. The molecule has 0 aromatic heterocycles. The summed E-state index contributed by atoms with van der Waals surface area (Å²) in [6.45, 7) is 10.8. The van der Waals surface area contributed by atoms with Crippen molar-refractivity contribution in [2.75, 3.05) is 10.6 Å². The fourth-order valence-electron chi connectivity index (χ4n) is 1.84. The summed E-state index contributed by atoms with van der Waals surface area (Å²) in [5, 5.41) is 20.0. The first kappa shape index (κ1) is 15.0. The van der Waals surface area contributed by atoms with Gasteiger partial charge in [0.1, 0.15) is 12.5 Å². The molecular formula is C15H20N2O2. The fourth-order valence-corrected chi connectivity index (χ4v) is 1.84. The van der Waals surface area contributed by atoms with Crippen LogP contribution in [0.2, 0.25) is 0 Å². The van der Waals surface area contributed by atoms with Gasteiger partial charge in [0, 0.05) is 11.4 Å². The van der Waals surface area contributed by atoms with E-state index < -0.39 is 12.5 Å². The molecule has 1 rings (SSSR count). The van der Waals surface area contributed by atoms with Gasteiger partial charge in [-0.15, -0.1) is 6.58 Å². The van der Waals surface area contributed by atoms with Crippen LogP contribution < -0.4 is 10.6 Å². The highest BCUT2D eigenvalue weighted by molar-refractivity contribution is 5.61. The molecule has 0 saturated heterocycles. The number of aliphatic hydroxyl groups is 2. The highest BCUT2D eigenvalue weighted by atomic mass is 16.3. The molecule has 0 fully saturated rings. The summed E-state index contributed by atoms with van der Waals surface area (Å²) in [6, 6.07) is 5.24. The lowest BCUT2D eigenvalue weighted by Gasteiger charge is -2.33. The first-order chi connectivity index (χ1) is 9.04. The minimum atomic E-state index is -1.03. The molecule has 0 aliphatic heterocycles. The van der Waals surface area contributed by atoms with Crippen LogP contribution >= 0.6 is 0 Å². The quantitative estimate of drug-likeness (QED) is 0.397. The van der Waals surface area contributed by atoms with E-state index in [1.165, 1.54) is 17.1 Å². The van der Waals surface area contributed by atoms with Crippen molar-refractivity contribution in [3.8, 4) is 0 Å². The van der Waals surface area contributed by atoms with Gasteiger partial charge in [-0.3, -0.25) is 0 Å². The molecule has 0 bridgehead atoms. The number of benzene rings is 1. The number of nitrogens with two attached hydrogens (primary N) is 1. The van der Waals surface area contributed by atoms with Crippen molar-refractivity contribution in [3.63, 3.8) is 0 Å². The molecule has 4 heteroatoms. The zero-order valence-corrected chi connectivity index (χ0v) is 10.9. The lowest BCUT2D eigenvalue weighted by Crippen LogP contribution is -2.42. The zero-order valence-electron chi connectivity index (χ0n) is 10.9. The molecular weight excluding hydrogens is 240 g/mol. The first-order valence-corrected chi connectivity index (χ1v) is 5.94. The van der Waals surface area contributed by atoms with Gasteiger partial charge in [0.25, 0.3) is 0 Å². The van der Waals surface area contributed by atoms with E-state index >= 15 is 0 Å². The highest BCUT2D eigenvalue weighted by Gasteiger charge is 2.21. The van der Waals surface area contributed by atoms with Gasteiger partial charge in [-0.05, 0) is 42.3 Å². The maximum atomic E-state index is 9.98. The van der Waals surface area contributed by atoms with E-state index in [0.717, 1.165) is 5.56 Å². The SMILES string of the molecule is C=CCc1cc(N)ccc1N(C(O)C=C)C(O)C=C. The van der Waals surface area contributed by atoms with Crippen LogP contribution in [0, 0.1) is 0 Å². The smallest absolute Gasteiger partial charge is 0.148 e. The van der Waals surface area contributed by atoms with Crippen LogP contribution in [0.15, 0.2) is 56.2 Å². The summed E-state index contributed by atoms with van der Waals surface area (Å²) in [7, 11) is 0. The van der Waals surface area contributed by atoms with Crippen LogP contribution in [-0.4, -0.2) is 22.7 Å². The number of allylic oxidation sites excluding steroid dienone is 1. The minimum absolute atomic E-state index is 0.574. The van der Waals surface area contributed by atoms with Gasteiger partial charge in [-0.25, -0.2) is 0 Å². The van der Waals surface area contributed by atoms with E-state index in [9.17, 15) is 10.2 Å². The predicted molar refractivity (Wildman–Crippen MR) is 79.6 cm³/mol. The highest BCUT2D eigenvalue weighted by Crippen LogP contribution is 2.27. The molecule has 0 heterocycles. The van der Waals surface area contributed by atoms with E-state index in [1.54, 1.807) is 24.3 Å². The second-order valence-corrected chi connectivity index (χ2v) is 4.09. The van der Waals surface area contributed by atoms with Crippen molar-refractivity contribution >= 4 is 11.4 Å². The third-order valence-electron chi connectivity index (χ3n) is 2.74. The van der Waals surface area contributed by atoms with Crippen molar-refractivity contribution in [3.05, 3.63) is 61.7 Å². The van der Waals surface area contributed by atoms with Crippen LogP contribution in [-0.2, 0) is 6.42 Å². The summed E-state index contributed by atoms with van der Waals surface area (Å²) in [4.78, 5) is 1.40. The average molecular weight is 260 g/mol. The second-order valence-electron chi connectivity index (χ2n) is 4.09. The van der Waals surface area contributed by atoms with Crippen LogP contribution in [0.25, 0.3) is 0 Å². The third-order valence-corrected chi connectivity index (χ3v) is 2.74. The zero-order chi connectivity index (χ0) is 14.4. The molecule has 2 atom stereocenters. The average Bonchev–Trinajstić information content (AvgIpc) is 2.41. The van der Waals surface area contributed by atoms with Crippen molar-refractivity contribution in [1.82, 2.24) is 0 Å². The number of hydrogen-bond acceptors (Lipinski definition) is 4. The molecule has 0 amide bonds. The Kier molecular flexibility index (Phi) is 5.36. The van der Waals surface area contributed by atoms with Gasteiger partial charge in [-0.2, -0.15) is 0 Å². The van der Waals surface area contributed by atoms with Crippen LogP contribution in [0.3, 0.4) is 0 Å². The van der Waals surface area contributed by atoms with Gasteiger partial charge in [0.2, 0.25) is 0 Å². The summed E-state index contributed by atoms with van der Waals surface area (Å²) >= 11 is 0. The first-order valence-electron chi connectivity index (χ1n) is 5.94. The second kappa shape index (κ2) is 6.78. The molecule has 0 spiro atoms. The van der Waals surface area contributed by atoms with Crippen molar-refractivity contribution in [1.29, 1.82) is 0 Å². The van der Waals surface area contributed by atoms with Gasteiger partial charge in [0.15, 0.2) is 0 Å². The van der Waals surface area contributed by atoms with Crippen LogP contribution in [0.4, 0.5) is 11.4 Å². The lowest BCUT2D eigenvalue weighted by atomic mass is 10.1. The van der Waals surface area contributed by atoms with E-state index in [4.69, 9.17) is 5.73 Å². The van der Waals surface area contributed by atoms with E-state index in [0.29, 0.717) is 17.8 Å². The number of nitrogen functional groups attached to an aromatic ring is 1. The van der Waals surface area contributed by atoms with E-state index in [2.05, 4.69) is 19.7 Å². The Labute approximate surface area is 113 Å². The maximum Gasteiger partial charge on any atom is 0.148 e. The topological polar surface area (TPSA) is 69.7 Å². The molecule has 0 radical (unpaired) electrons. The molecule has 0 saturated carbocycles. The van der Waals surface area contributed by atoms with Crippen LogP contribution in [0.5, 0.6) is 0 Å². The largest absolute Gasteiger partial charge is 0.399 e. The fraction of sp³-hybridized carbons (Fsp3) is 0.200. The van der Waals surface area contributed by atoms with E-state index in [1.807, 2.05) is 0 Å². The van der Waals surface area contributed by atoms with Gasteiger partial charge in [0.05, 0.1) is 0 Å². The lowest BCUT2D eigenvalue weighted by molar-refractivity contribution is 0.136. The molecule has 1 aromatic rings. The Hall–Kier alpha value is -2.04. The van der Waals surface area contributed by atoms with E-state index in [-0.39, 0.29) is 0 Å². The summed E-state index contributed by atoms with van der Waals surface area (Å²) < 4.78 is 0. The Morgan fingerprint density at radius 2 is 1.74 bits per heavy atom. The van der Waals surface area contributed by atoms with Gasteiger partial charge >= 0.3 is 0 Å². The predicted octanol–water partition coefficient (Wildman–Crippen LogP) is 1.81. The van der Waals surface area contributed by atoms with Crippen molar-refractivity contribution in [2.45, 2.75) is 18.9 Å². The standard InChI is InChI=1S/C15H20N2O2/c1-4-7-11-10-12(16)8-9-13(11)17(14(18)5-2)15(19)6-3/h4-6,8-10,14-15,18-19H,1-3,7,16H2. The molecule has 102 valence electrons.